The lowest BCUT2D eigenvalue weighted by molar-refractivity contribution is 0.458. The molecule has 0 radical (unpaired) electrons. The summed E-state index contributed by atoms with van der Waals surface area (Å²) in [6, 6.07) is 9.78. The van der Waals surface area contributed by atoms with E-state index in [0.717, 1.165) is 24.4 Å². The molecule has 110 valence electrons. The molecule has 21 heavy (non-hydrogen) atoms. The summed E-state index contributed by atoms with van der Waals surface area (Å²) in [6.45, 7) is 4.32. The number of anilines is 1. The lowest BCUT2D eigenvalue weighted by Gasteiger charge is -2.11. The molecule has 2 aromatic rings. The summed E-state index contributed by atoms with van der Waals surface area (Å²) in [5.41, 5.74) is 3.81. The molecule has 0 saturated heterocycles. The summed E-state index contributed by atoms with van der Waals surface area (Å²) in [4.78, 5) is 8.86. The largest absolute Gasteiger partial charge is 0.439 e. The van der Waals surface area contributed by atoms with E-state index in [1.807, 2.05) is 18.2 Å². The van der Waals surface area contributed by atoms with Gasteiger partial charge < -0.3 is 10.2 Å². The molecule has 3 rings (SSSR count). The van der Waals surface area contributed by atoms with Crippen LogP contribution in [-0.2, 0) is 0 Å². The van der Waals surface area contributed by atoms with Crippen LogP contribution >= 0.6 is 0 Å². The molecule has 0 amide bonds. The van der Waals surface area contributed by atoms with Gasteiger partial charge in [0.25, 0.3) is 0 Å². The third-order valence-corrected chi connectivity index (χ3v) is 3.56. The maximum atomic E-state index is 5.88. The van der Waals surface area contributed by atoms with Crippen LogP contribution in [0.5, 0.6) is 11.6 Å². The molecule has 0 atom stereocenters. The molecule has 3 N–H and O–H groups in total. The second kappa shape index (κ2) is 5.69. The number of rotatable bonds is 5. The first-order valence-electron chi connectivity index (χ1n) is 7.29. The number of hydrogen-bond acceptors (Lipinski definition) is 5. The molecule has 1 fully saturated rings. The molecular weight excluding hydrogens is 264 g/mol. The third-order valence-electron chi connectivity index (χ3n) is 3.56. The quantitative estimate of drug-likeness (QED) is 0.649. The van der Waals surface area contributed by atoms with Gasteiger partial charge in [-0.15, -0.1) is 0 Å². The van der Waals surface area contributed by atoms with Crippen LogP contribution in [0.25, 0.3) is 0 Å². The number of benzene rings is 1. The molecule has 0 aliphatic heterocycles. The summed E-state index contributed by atoms with van der Waals surface area (Å²) in [6.07, 6.45) is 2.27. The second-order valence-electron chi connectivity index (χ2n) is 5.70. The number of nitrogen functional groups attached to an aromatic ring is 1. The van der Waals surface area contributed by atoms with E-state index in [1.165, 1.54) is 5.56 Å². The molecule has 1 aliphatic carbocycles. The summed E-state index contributed by atoms with van der Waals surface area (Å²) in [5, 5.41) is 0. The molecule has 1 aromatic carbocycles. The molecule has 1 heterocycles. The minimum Gasteiger partial charge on any atom is -0.439 e. The number of hydrazine groups is 1. The van der Waals surface area contributed by atoms with Gasteiger partial charge in [0, 0.05) is 12.0 Å². The van der Waals surface area contributed by atoms with Crippen molar-refractivity contribution in [2.75, 3.05) is 5.43 Å². The van der Waals surface area contributed by atoms with E-state index < -0.39 is 0 Å². The van der Waals surface area contributed by atoms with Gasteiger partial charge in [0.2, 0.25) is 5.88 Å². The van der Waals surface area contributed by atoms with Gasteiger partial charge in [-0.2, -0.15) is 4.98 Å². The number of nitrogens with two attached hydrogens (primary N) is 1. The van der Waals surface area contributed by atoms with Crippen LogP contribution in [0.15, 0.2) is 30.3 Å². The van der Waals surface area contributed by atoms with Gasteiger partial charge in [-0.05, 0) is 36.5 Å². The molecule has 0 unspecified atom stereocenters. The normalized spacial score (nSPS) is 14.3. The topological polar surface area (TPSA) is 73.1 Å². The Labute approximate surface area is 124 Å². The van der Waals surface area contributed by atoms with Gasteiger partial charge in [0.05, 0.1) is 0 Å². The predicted molar refractivity (Wildman–Crippen MR) is 82.4 cm³/mol. The lowest BCUT2D eigenvalue weighted by Crippen LogP contribution is -2.10. The van der Waals surface area contributed by atoms with Crippen molar-refractivity contribution in [1.29, 1.82) is 0 Å². The SMILES string of the molecule is CC(C)c1cccc(Oc2cc(NN)nc(C3CC3)n2)c1. The fourth-order valence-corrected chi connectivity index (χ4v) is 2.15. The molecular formula is C16H20N4O. The van der Waals surface area contributed by atoms with Crippen molar-refractivity contribution in [2.45, 2.75) is 38.5 Å². The van der Waals surface area contributed by atoms with Crippen LogP contribution in [0.2, 0.25) is 0 Å². The summed E-state index contributed by atoms with van der Waals surface area (Å²) >= 11 is 0. The van der Waals surface area contributed by atoms with Gasteiger partial charge in [-0.3, -0.25) is 0 Å². The summed E-state index contributed by atoms with van der Waals surface area (Å²) in [7, 11) is 0. The van der Waals surface area contributed by atoms with Crippen LogP contribution in [0, 0.1) is 0 Å². The van der Waals surface area contributed by atoms with Gasteiger partial charge in [-0.25, -0.2) is 10.8 Å². The molecule has 5 nitrogen and oxygen atoms in total. The Morgan fingerprint density at radius 1 is 1.24 bits per heavy atom. The maximum absolute atomic E-state index is 5.88. The Balaban J connectivity index is 1.86. The zero-order valence-corrected chi connectivity index (χ0v) is 12.3. The van der Waals surface area contributed by atoms with Gasteiger partial charge >= 0.3 is 0 Å². The highest BCUT2D eigenvalue weighted by Crippen LogP contribution is 2.39. The molecule has 1 saturated carbocycles. The van der Waals surface area contributed by atoms with Gasteiger partial charge in [0.15, 0.2) is 0 Å². The zero-order chi connectivity index (χ0) is 14.8. The number of aromatic nitrogens is 2. The minimum absolute atomic E-state index is 0.447. The first-order valence-corrected chi connectivity index (χ1v) is 7.29. The highest BCUT2D eigenvalue weighted by molar-refractivity contribution is 5.40. The maximum Gasteiger partial charge on any atom is 0.224 e. The Kier molecular flexibility index (Phi) is 3.75. The highest BCUT2D eigenvalue weighted by atomic mass is 16.5. The van der Waals surface area contributed by atoms with Crippen molar-refractivity contribution in [3.05, 3.63) is 41.7 Å². The van der Waals surface area contributed by atoms with E-state index in [2.05, 4.69) is 35.3 Å². The number of nitrogens with one attached hydrogen (secondary N) is 1. The predicted octanol–water partition coefficient (Wildman–Crippen LogP) is 3.56. The molecule has 0 spiro atoms. The van der Waals surface area contributed by atoms with Crippen LogP contribution < -0.4 is 16.0 Å². The van der Waals surface area contributed by atoms with Gasteiger partial charge in [-0.1, -0.05) is 26.0 Å². The van der Waals surface area contributed by atoms with Gasteiger partial charge in [0.1, 0.15) is 17.4 Å². The Bertz CT molecular complexity index is 638. The monoisotopic (exact) mass is 284 g/mol. The first kappa shape index (κ1) is 13.8. The van der Waals surface area contributed by atoms with Crippen molar-refractivity contribution < 1.29 is 4.74 Å². The third kappa shape index (κ3) is 3.31. The molecule has 5 heteroatoms. The van der Waals surface area contributed by atoms with Crippen molar-refractivity contribution in [1.82, 2.24) is 9.97 Å². The number of nitrogens with zero attached hydrogens (tertiary/aromatic N) is 2. The van der Waals surface area contributed by atoms with E-state index >= 15 is 0 Å². The number of ether oxygens (including phenoxy) is 1. The van der Waals surface area contributed by atoms with Crippen LogP contribution in [0.4, 0.5) is 5.82 Å². The smallest absolute Gasteiger partial charge is 0.224 e. The van der Waals surface area contributed by atoms with E-state index in [1.54, 1.807) is 6.07 Å². The van der Waals surface area contributed by atoms with Crippen molar-refractivity contribution >= 4 is 5.82 Å². The average molecular weight is 284 g/mol. The zero-order valence-electron chi connectivity index (χ0n) is 12.3. The highest BCUT2D eigenvalue weighted by Gasteiger charge is 2.27. The van der Waals surface area contributed by atoms with Crippen LogP contribution in [0.3, 0.4) is 0 Å². The van der Waals surface area contributed by atoms with E-state index in [-0.39, 0.29) is 0 Å². The Morgan fingerprint density at radius 2 is 2.05 bits per heavy atom. The fourth-order valence-electron chi connectivity index (χ4n) is 2.15. The standard InChI is InChI=1S/C16H20N4O/c1-10(2)12-4-3-5-13(8-12)21-15-9-14(20-17)18-16(19-15)11-6-7-11/h3-5,8-11H,6-7,17H2,1-2H3,(H,18,19,20). The van der Waals surface area contributed by atoms with E-state index in [9.17, 15) is 0 Å². The fraction of sp³-hybridized carbons (Fsp3) is 0.375. The number of hydrogen-bond donors (Lipinski definition) is 2. The lowest BCUT2D eigenvalue weighted by atomic mass is 10.0. The average Bonchev–Trinajstić information content (AvgIpc) is 3.31. The van der Waals surface area contributed by atoms with Crippen molar-refractivity contribution in [2.24, 2.45) is 5.84 Å². The Morgan fingerprint density at radius 3 is 2.71 bits per heavy atom. The van der Waals surface area contributed by atoms with Crippen molar-refractivity contribution in [3.63, 3.8) is 0 Å². The molecule has 0 bridgehead atoms. The van der Waals surface area contributed by atoms with Crippen molar-refractivity contribution in [3.8, 4) is 11.6 Å². The van der Waals surface area contributed by atoms with Crippen LogP contribution in [-0.4, -0.2) is 9.97 Å². The minimum atomic E-state index is 0.447. The Hall–Kier alpha value is -2.14. The van der Waals surface area contributed by atoms with Crippen LogP contribution in [0.1, 0.15) is 49.9 Å². The van der Waals surface area contributed by atoms with E-state index in [4.69, 9.17) is 10.6 Å². The van der Waals surface area contributed by atoms with E-state index in [0.29, 0.717) is 23.5 Å². The second-order valence-corrected chi connectivity index (χ2v) is 5.70. The summed E-state index contributed by atoms with van der Waals surface area (Å²) in [5.74, 6) is 9.08. The molecule has 1 aromatic heterocycles. The summed E-state index contributed by atoms with van der Waals surface area (Å²) < 4.78 is 5.88. The first-order chi connectivity index (χ1) is 10.2. The molecule has 1 aliphatic rings.